The van der Waals surface area contributed by atoms with Crippen LogP contribution >= 0.6 is 12.4 Å². The molecular weight excluding hydrogens is 252 g/mol. The zero-order chi connectivity index (χ0) is 12.1. The topological polar surface area (TPSA) is 50.4 Å². The zero-order valence-electron chi connectivity index (χ0n) is 11.1. The second-order valence-corrected chi connectivity index (χ2v) is 5.10. The number of amides is 1. The van der Waals surface area contributed by atoms with Crippen LogP contribution < -0.4 is 10.6 Å². The minimum Gasteiger partial charge on any atom is -0.376 e. The molecule has 2 N–H and O–H groups in total. The van der Waals surface area contributed by atoms with E-state index in [0.717, 1.165) is 51.8 Å². The molecule has 1 amide bonds. The summed E-state index contributed by atoms with van der Waals surface area (Å²) in [6.45, 7) is 4.91. The molecule has 106 valence electrons. The van der Waals surface area contributed by atoms with Gasteiger partial charge in [0, 0.05) is 12.5 Å². The van der Waals surface area contributed by atoms with Crippen LogP contribution in [0.3, 0.4) is 0 Å². The lowest BCUT2D eigenvalue weighted by atomic mass is 9.96. The first kappa shape index (κ1) is 15.7. The number of hydrogen-bond acceptors (Lipinski definition) is 3. The Labute approximate surface area is 116 Å². The number of halogens is 1. The number of hydrogen-bond donors (Lipinski definition) is 2. The van der Waals surface area contributed by atoms with Crippen LogP contribution in [0.2, 0.25) is 0 Å². The fourth-order valence-corrected chi connectivity index (χ4v) is 2.76. The smallest absolute Gasteiger partial charge is 0.223 e. The summed E-state index contributed by atoms with van der Waals surface area (Å²) in [5.74, 6) is 0.431. The van der Waals surface area contributed by atoms with Crippen molar-refractivity contribution in [1.82, 2.24) is 10.6 Å². The average molecular weight is 277 g/mol. The van der Waals surface area contributed by atoms with Crippen LogP contribution in [0.1, 0.15) is 39.0 Å². The zero-order valence-corrected chi connectivity index (χ0v) is 11.9. The lowest BCUT2D eigenvalue weighted by Gasteiger charge is -2.27. The molecule has 18 heavy (non-hydrogen) atoms. The third-order valence-electron chi connectivity index (χ3n) is 3.89. The maximum Gasteiger partial charge on any atom is 0.223 e. The highest BCUT2D eigenvalue weighted by Crippen LogP contribution is 2.19. The van der Waals surface area contributed by atoms with Crippen LogP contribution in [-0.2, 0) is 9.53 Å². The third-order valence-corrected chi connectivity index (χ3v) is 3.89. The standard InChI is InChI=1S/C13H24N2O2.ClH/c1-2-11(12-4-3-9-17-12)15-13(16)10-5-7-14-8-6-10;/h10-12,14H,2-9H2,1H3,(H,15,16);1H. The van der Waals surface area contributed by atoms with Gasteiger partial charge in [0.25, 0.3) is 0 Å². The molecule has 0 aromatic rings. The molecule has 0 aliphatic carbocycles. The van der Waals surface area contributed by atoms with Gasteiger partial charge in [-0.1, -0.05) is 6.92 Å². The van der Waals surface area contributed by atoms with Gasteiger partial charge < -0.3 is 15.4 Å². The first-order valence-corrected chi connectivity index (χ1v) is 6.94. The van der Waals surface area contributed by atoms with Gasteiger partial charge in [0.15, 0.2) is 0 Å². The lowest BCUT2D eigenvalue weighted by Crippen LogP contribution is -2.47. The summed E-state index contributed by atoms with van der Waals surface area (Å²) in [4.78, 5) is 12.1. The van der Waals surface area contributed by atoms with Gasteiger partial charge in [0.2, 0.25) is 5.91 Å². The van der Waals surface area contributed by atoms with Crippen molar-refractivity contribution < 1.29 is 9.53 Å². The SMILES string of the molecule is CCC(NC(=O)C1CCNCC1)C1CCCO1.Cl. The van der Waals surface area contributed by atoms with Crippen LogP contribution in [0.4, 0.5) is 0 Å². The van der Waals surface area contributed by atoms with Crippen LogP contribution in [0.15, 0.2) is 0 Å². The molecule has 0 spiro atoms. The fraction of sp³-hybridized carbons (Fsp3) is 0.923. The molecule has 2 aliphatic heterocycles. The Morgan fingerprint density at radius 2 is 2.11 bits per heavy atom. The van der Waals surface area contributed by atoms with Gasteiger partial charge in [-0.3, -0.25) is 4.79 Å². The second-order valence-electron chi connectivity index (χ2n) is 5.10. The number of ether oxygens (including phenoxy) is 1. The molecule has 2 atom stereocenters. The Bertz CT molecular complexity index is 251. The Morgan fingerprint density at radius 3 is 2.67 bits per heavy atom. The van der Waals surface area contributed by atoms with E-state index in [-0.39, 0.29) is 36.4 Å². The van der Waals surface area contributed by atoms with Crippen molar-refractivity contribution in [2.45, 2.75) is 51.2 Å². The molecule has 0 radical (unpaired) electrons. The molecule has 0 aromatic heterocycles. The minimum atomic E-state index is 0. The van der Waals surface area contributed by atoms with Gasteiger partial charge in [-0.25, -0.2) is 0 Å². The number of carbonyl (C=O) groups excluding carboxylic acids is 1. The molecule has 2 saturated heterocycles. The van der Waals surface area contributed by atoms with Crippen LogP contribution in [0.5, 0.6) is 0 Å². The maximum atomic E-state index is 12.1. The summed E-state index contributed by atoms with van der Waals surface area (Å²) in [5.41, 5.74) is 0. The Kier molecular flexibility index (Phi) is 6.97. The molecule has 0 aromatic carbocycles. The predicted molar refractivity (Wildman–Crippen MR) is 74.0 cm³/mol. The molecule has 2 heterocycles. The summed E-state index contributed by atoms with van der Waals surface area (Å²) >= 11 is 0. The molecule has 2 unspecified atom stereocenters. The lowest BCUT2D eigenvalue weighted by molar-refractivity contribution is -0.127. The van der Waals surface area contributed by atoms with Gasteiger partial charge >= 0.3 is 0 Å². The van der Waals surface area contributed by atoms with Crippen molar-refractivity contribution in [1.29, 1.82) is 0 Å². The van der Waals surface area contributed by atoms with Gasteiger partial charge in [-0.2, -0.15) is 0 Å². The monoisotopic (exact) mass is 276 g/mol. The van der Waals surface area contributed by atoms with Crippen LogP contribution in [0, 0.1) is 5.92 Å². The normalized spacial score (nSPS) is 26.4. The van der Waals surface area contributed by atoms with Gasteiger partial charge in [-0.15, -0.1) is 12.4 Å². The number of nitrogens with one attached hydrogen (secondary N) is 2. The summed E-state index contributed by atoms with van der Waals surface area (Å²) in [6.07, 6.45) is 5.35. The quantitative estimate of drug-likeness (QED) is 0.818. The van der Waals surface area contributed by atoms with Crippen LogP contribution in [-0.4, -0.2) is 37.7 Å². The van der Waals surface area contributed by atoms with E-state index in [1.807, 2.05) is 0 Å². The summed E-state index contributed by atoms with van der Waals surface area (Å²) in [6, 6.07) is 0.208. The Morgan fingerprint density at radius 1 is 1.39 bits per heavy atom. The summed E-state index contributed by atoms with van der Waals surface area (Å²) < 4.78 is 5.67. The minimum absolute atomic E-state index is 0. The molecule has 2 fully saturated rings. The first-order valence-electron chi connectivity index (χ1n) is 6.94. The highest BCUT2D eigenvalue weighted by molar-refractivity contribution is 5.85. The van der Waals surface area contributed by atoms with Crippen molar-refractivity contribution in [2.24, 2.45) is 5.92 Å². The van der Waals surface area contributed by atoms with E-state index in [1.165, 1.54) is 0 Å². The van der Waals surface area contributed by atoms with E-state index >= 15 is 0 Å². The molecular formula is C13H25ClN2O2. The highest BCUT2D eigenvalue weighted by atomic mass is 35.5. The number of rotatable bonds is 4. The Balaban J connectivity index is 0.00000162. The van der Waals surface area contributed by atoms with E-state index in [9.17, 15) is 4.79 Å². The molecule has 0 saturated carbocycles. The second kappa shape index (κ2) is 7.97. The van der Waals surface area contributed by atoms with Gasteiger partial charge in [-0.05, 0) is 45.2 Å². The van der Waals surface area contributed by atoms with Gasteiger partial charge in [0.1, 0.15) is 0 Å². The number of piperidine rings is 1. The summed E-state index contributed by atoms with van der Waals surface area (Å²) in [5, 5.41) is 6.47. The fourth-order valence-electron chi connectivity index (χ4n) is 2.76. The van der Waals surface area contributed by atoms with E-state index in [2.05, 4.69) is 17.6 Å². The van der Waals surface area contributed by atoms with Crippen molar-refractivity contribution in [3.63, 3.8) is 0 Å². The maximum absolute atomic E-state index is 12.1. The predicted octanol–water partition coefficient (Wildman–Crippen LogP) is 1.48. The molecule has 2 rings (SSSR count). The number of carbonyl (C=O) groups is 1. The van der Waals surface area contributed by atoms with Crippen molar-refractivity contribution in [3.05, 3.63) is 0 Å². The average Bonchev–Trinajstić information content (AvgIpc) is 2.90. The van der Waals surface area contributed by atoms with Gasteiger partial charge in [0.05, 0.1) is 12.1 Å². The molecule has 2 aliphatic rings. The Hall–Kier alpha value is -0.320. The van der Waals surface area contributed by atoms with E-state index in [4.69, 9.17) is 4.74 Å². The highest BCUT2D eigenvalue weighted by Gasteiger charge is 2.28. The van der Waals surface area contributed by atoms with E-state index in [0.29, 0.717) is 0 Å². The van der Waals surface area contributed by atoms with E-state index < -0.39 is 0 Å². The first-order chi connectivity index (χ1) is 8.31. The largest absolute Gasteiger partial charge is 0.376 e. The molecule has 4 nitrogen and oxygen atoms in total. The van der Waals surface area contributed by atoms with E-state index in [1.54, 1.807) is 0 Å². The van der Waals surface area contributed by atoms with Crippen molar-refractivity contribution in [3.8, 4) is 0 Å². The third kappa shape index (κ3) is 4.11. The van der Waals surface area contributed by atoms with Crippen molar-refractivity contribution >= 4 is 18.3 Å². The summed E-state index contributed by atoms with van der Waals surface area (Å²) in [7, 11) is 0. The molecule has 5 heteroatoms. The van der Waals surface area contributed by atoms with Crippen molar-refractivity contribution in [2.75, 3.05) is 19.7 Å². The van der Waals surface area contributed by atoms with Crippen LogP contribution in [0.25, 0.3) is 0 Å². The molecule has 0 bridgehead atoms.